The van der Waals surface area contributed by atoms with Gasteiger partial charge in [-0.05, 0) is 17.7 Å². The number of hydrogen-bond donors (Lipinski definition) is 1. The number of carboxylic acid groups (broad SMARTS) is 1. The zero-order chi connectivity index (χ0) is 17.1. The van der Waals surface area contributed by atoms with E-state index in [-0.39, 0.29) is 29.9 Å². The molecule has 0 spiro atoms. The number of likely N-dealkylation sites (tertiary alicyclic amines) is 1. The molecule has 1 fully saturated rings. The van der Waals surface area contributed by atoms with Gasteiger partial charge in [-0.2, -0.15) is 0 Å². The molecule has 1 saturated heterocycles. The average Bonchev–Trinajstić information content (AvgIpc) is 3.20. The summed E-state index contributed by atoms with van der Waals surface area (Å²) in [6.45, 7) is 0.593. The minimum Gasteiger partial charge on any atom is -0.481 e. The highest BCUT2D eigenvalue weighted by Crippen LogP contribution is 2.33. The van der Waals surface area contributed by atoms with Crippen molar-refractivity contribution in [1.82, 2.24) is 15.0 Å². The van der Waals surface area contributed by atoms with Gasteiger partial charge in [0.2, 0.25) is 5.91 Å². The number of nitrogens with zero attached hydrogens (tertiary/aromatic N) is 3. The second-order valence-corrected chi connectivity index (χ2v) is 6.13. The predicted octanol–water partition coefficient (Wildman–Crippen LogP) is 1.98. The molecule has 1 aliphatic rings. The molecule has 0 radical (unpaired) electrons. The number of aryl methyl sites for hydroxylation is 1. The zero-order valence-electron chi connectivity index (χ0n) is 12.8. The van der Waals surface area contributed by atoms with Crippen molar-refractivity contribution in [1.29, 1.82) is 0 Å². The number of aromatic nitrogens is 2. The molecule has 3 heterocycles. The van der Waals surface area contributed by atoms with Crippen molar-refractivity contribution in [2.45, 2.75) is 18.8 Å². The van der Waals surface area contributed by atoms with Crippen LogP contribution in [0.3, 0.4) is 0 Å². The van der Waals surface area contributed by atoms with Crippen molar-refractivity contribution in [3.8, 4) is 0 Å². The van der Waals surface area contributed by atoms with Gasteiger partial charge in [0.15, 0.2) is 5.15 Å². The van der Waals surface area contributed by atoms with E-state index in [4.69, 9.17) is 16.1 Å². The third-order valence-electron chi connectivity index (χ3n) is 4.24. The molecule has 0 aliphatic carbocycles. The molecule has 8 heteroatoms. The number of pyridine rings is 1. The monoisotopic (exact) mass is 349 g/mol. The van der Waals surface area contributed by atoms with E-state index >= 15 is 0 Å². The van der Waals surface area contributed by atoms with Gasteiger partial charge in [-0.3, -0.25) is 14.6 Å². The van der Waals surface area contributed by atoms with Crippen LogP contribution in [0.2, 0.25) is 5.15 Å². The lowest BCUT2D eigenvalue weighted by atomic mass is 9.90. The van der Waals surface area contributed by atoms with E-state index < -0.39 is 11.9 Å². The summed E-state index contributed by atoms with van der Waals surface area (Å²) in [7, 11) is 0. The largest absolute Gasteiger partial charge is 0.481 e. The summed E-state index contributed by atoms with van der Waals surface area (Å²) < 4.78 is 4.97. The molecular weight excluding hydrogens is 334 g/mol. The molecule has 2 aromatic rings. The maximum absolute atomic E-state index is 12.4. The first-order chi connectivity index (χ1) is 11.5. The highest BCUT2D eigenvalue weighted by atomic mass is 35.5. The molecule has 126 valence electrons. The first-order valence-corrected chi connectivity index (χ1v) is 7.94. The fourth-order valence-electron chi connectivity index (χ4n) is 3.00. The van der Waals surface area contributed by atoms with Crippen LogP contribution in [0.5, 0.6) is 0 Å². The number of amides is 1. The Morgan fingerprint density at radius 1 is 1.33 bits per heavy atom. The maximum Gasteiger partial charge on any atom is 0.308 e. The van der Waals surface area contributed by atoms with Crippen LogP contribution in [0.1, 0.15) is 23.7 Å². The lowest BCUT2D eigenvalue weighted by molar-refractivity contribution is -0.141. The van der Waals surface area contributed by atoms with Gasteiger partial charge in [-0.25, -0.2) is 0 Å². The molecule has 3 rings (SSSR count). The fraction of sp³-hybridized carbons (Fsp3) is 0.375. The van der Waals surface area contributed by atoms with Crippen molar-refractivity contribution >= 4 is 23.5 Å². The molecule has 1 amide bonds. The second-order valence-electron chi connectivity index (χ2n) is 5.75. The number of carbonyl (C=O) groups excluding carboxylic acids is 1. The van der Waals surface area contributed by atoms with Gasteiger partial charge in [0.25, 0.3) is 0 Å². The number of carbonyl (C=O) groups is 2. The summed E-state index contributed by atoms with van der Waals surface area (Å²) in [5.41, 5.74) is 0.884. The standard InChI is InChI=1S/C16H16ClN3O4/c17-14-7-11(24-19-14)1-2-15(21)20-8-12(13(9-20)16(22)23)10-3-5-18-6-4-10/h3-7,12-13H,1-2,8-9H2,(H,22,23)/t12-,13+/m0/s1. The molecule has 0 bridgehead atoms. The van der Waals surface area contributed by atoms with E-state index in [1.54, 1.807) is 35.5 Å². The van der Waals surface area contributed by atoms with Crippen LogP contribution in [0, 0.1) is 5.92 Å². The van der Waals surface area contributed by atoms with E-state index in [0.717, 1.165) is 5.56 Å². The summed E-state index contributed by atoms with van der Waals surface area (Å²) in [6.07, 6.45) is 3.87. The summed E-state index contributed by atoms with van der Waals surface area (Å²) in [5, 5.41) is 13.3. The predicted molar refractivity (Wildman–Crippen MR) is 84.5 cm³/mol. The van der Waals surface area contributed by atoms with E-state index in [9.17, 15) is 14.7 Å². The van der Waals surface area contributed by atoms with Gasteiger partial charge in [-0.15, -0.1) is 0 Å². The number of carboxylic acids is 1. The van der Waals surface area contributed by atoms with Crippen LogP contribution in [-0.4, -0.2) is 45.1 Å². The van der Waals surface area contributed by atoms with Gasteiger partial charge in [0.1, 0.15) is 5.76 Å². The topological polar surface area (TPSA) is 96.5 Å². The summed E-state index contributed by atoms with van der Waals surface area (Å²) in [6, 6.07) is 5.16. The van der Waals surface area contributed by atoms with Gasteiger partial charge >= 0.3 is 5.97 Å². The van der Waals surface area contributed by atoms with Crippen molar-refractivity contribution in [2.24, 2.45) is 5.92 Å². The maximum atomic E-state index is 12.4. The van der Waals surface area contributed by atoms with Crippen molar-refractivity contribution in [3.63, 3.8) is 0 Å². The minimum absolute atomic E-state index is 0.106. The highest BCUT2D eigenvalue weighted by Gasteiger charge is 2.40. The normalized spacial score (nSPS) is 20.3. The fourth-order valence-corrected chi connectivity index (χ4v) is 3.16. The van der Waals surface area contributed by atoms with Crippen LogP contribution in [0.15, 0.2) is 35.1 Å². The van der Waals surface area contributed by atoms with Crippen LogP contribution in [0.4, 0.5) is 0 Å². The Bertz CT molecular complexity index is 734. The molecular formula is C16H16ClN3O4. The molecule has 1 aliphatic heterocycles. The lowest BCUT2D eigenvalue weighted by Gasteiger charge is -2.16. The molecule has 0 aromatic carbocycles. The quantitative estimate of drug-likeness (QED) is 0.886. The average molecular weight is 350 g/mol. The van der Waals surface area contributed by atoms with E-state index in [1.807, 2.05) is 0 Å². The van der Waals surface area contributed by atoms with Crippen LogP contribution in [-0.2, 0) is 16.0 Å². The van der Waals surface area contributed by atoms with Gasteiger partial charge in [0.05, 0.1) is 5.92 Å². The Hall–Kier alpha value is -2.41. The number of hydrogen-bond acceptors (Lipinski definition) is 5. The lowest BCUT2D eigenvalue weighted by Crippen LogP contribution is -2.30. The Balaban J connectivity index is 1.66. The second kappa shape index (κ2) is 7.00. The third kappa shape index (κ3) is 3.56. The van der Waals surface area contributed by atoms with Crippen molar-refractivity contribution in [3.05, 3.63) is 47.1 Å². The van der Waals surface area contributed by atoms with E-state index in [1.165, 1.54) is 0 Å². The Morgan fingerprint density at radius 3 is 2.71 bits per heavy atom. The zero-order valence-corrected chi connectivity index (χ0v) is 13.5. The Morgan fingerprint density at radius 2 is 2.08 bits per heavy atom. The number of halogens is 1. The number of rotatable bonds is 5. The smallest absolute Gasteiger partial charge is 0.308 e. The SMILES string of the molecule is O=C(O)[C@@H]1CN(C(=O)CCc2cc(Cl)no2)C[C@H]1c1ccncc1. The van der Waals surface area contributed by atoms with Gasteiger partial charge in [-0.1, -0.05) is 16.8 Å². The molecule has 1 N–H and O–H groups in total. The first-order valence-electron chi connectivity index (χ1n) is 7.56. The molecule has 24 heavy (non-hydrogen) atoms. The van der Waals surface area contributed by atoms with Crippen LogP contribution < -0.4 is 0 Å². The van der Waals surface area contributed by atoms with E-state index in [2.05, 4.69) is 10.1 Å². The molecule has 0 saturated carbocycles. The Kier molecular flexibility index (Phi) is 4.80. The van der Waals surface area contributed by atoms with Gasteiger partial charge in [0, 0.05) is 50.3 Å². The molecule has 2 atom stereocenters. The minimum atomic E-state index is -0.894. The van der Waals surface area contributed by atoms with Crippen LogP contribution >= 0.6 is 11.6 Å². The highest BCUT2D eigenvalue weighted by molar-refractivity contribution is 6.29. The van der Waals surface area contributed by atoms with Crippen molar-refractivity contribution in [2.75, 3.05) is 13.1 Å². The molecule has 0 unspecified atom stereocenters. The van der Waals surface area contributed by atoms with Crippen molar-refractivity contribution < 1.29 is 19.2 Å². The molecule has 2 aromatic heterocycles. The summed E-state index contributed by atoms with van der Waals surface area (Å²) in [5.74, 6) is -1.31. The third-order valence-corrected chi connectivity index (χ3v) is 4.42. The van der Waals surface area contributed by atoms with Crippen LogP contribution in [0.25, 0.3) is 0 Å². The van der Waals surface area contributed by atoms with Gasteiger partial charge < -0.3 is 14.5 Å². The van der Waals surface area contributed by atoms with E-state index in [0.29, 0.717) is 18.7 Å². The summed E-state index contributed by atoms with van der Waals surface area (Å²) in [4.78, 5) is 29.5. The summed E-state index contributed by atoms with van der Waals surface area (Å²) >= 11 is 5.67. The first kappa shape index (κ1) is 16.4. The molecule has 7 nitrogen and oxygen atoms in total. The Labute approximate surface area is 143 Å². The number of aliphatic carboxylic acids is 1.